The number of unbranched alkanes of at least 4 members (excludes halogenated alkanes) is 1. The highest BCUT2D eigenvalue weighted by Crippen LogP contribution is 1.97. The molecular formula is C9H22N2O. The van der Waals surface area contributed by atoms with Gasteiger partial charge in [-0.1, -0.05) is 33.6 Å². The summed E-state index contributed by atoms with van der Waals surface area (Å²) in [4.78, 5) is 10.8. The van der Waals surface area contributed by atoms with E-state index in [1.807, 2.05) is 13.8 Å². The van der Waals surface area contributed by atoms with Gasteiger partial charge in [-0.15, -0.1) is 0 Å². The van der Waals surface area contributed by atoms with Gasteiger partial charge in [0.05, 0.1) is 6.04 Å². The summed E-state index contributed by atoms with van der Waals surface area (Å²) >= 11 is 0. The minimum Gasteiger partial charge on any atom is -0.358 e. The Morgan fingerprint density at radius 3 is 2.33 bits per heavy atom. The van der Waals surface area contributed by atoms with Crippen molar-refractivity contribution in [2.75, 3.05) is 7.05 Å². The SMILES string of the molecule is CC.CCCCC(N)C(=O)NC. The lowest BCUT2D eigenvalue weighted by atomic mass is 10.1. The Hall–Kier alpha value is -0.570. The van der Waals surface area contributed by atoms with E-state index in [9.17, 15) is 4.79 Å². The van der Waals surface area contributed by atoms with Crippen molar-refractivity contribution in [3.8, 4) is 0 Å². The van der Waals surface area contributed by atoms with Crippen LogP contribution in [-0.2, 0) is 4.79 Å². The van der Waals surface area contributed by atoms with Crippen molar-refractivity contribution in [1.82, 2.24) is 5.32 Å². The van der Waals surface area contributed by atoms with Crippen LogP contribution in [-0.4, -0.2) is 19.0 Å². The minimum absolute atomic E-state index is 0.0616. The molecule has 3 N–H and O–H groups in total. The maximum absolute atomic E-state index is 10.8. The van der Waals surface area contributed by atoms with Crippen LogP contribution in [0.15, 0.2) is 0 Å². The van der Waals surface area contributed by atoms with Crippen LogP contribution in [0.4, 0.5) is 0 Å². The van der Waals surface area contributed by atoms with E-state index in [0.717, 1.165) is 19.3 Å². The van der Waals surface area contributed by atoms with Crippen molar-refractivity contribution in [2.24, 2.45) is 5.73 Å². The van der Waals surface area contributed by atoms with Gasteiger partial charge < -0.3 is 11.1 Å². The summed E-state index contributed by atoms with van der Waals surface area (Å²) in [6.45, 7) is 6.08. The zero-order valence-corrected chi connectivity index (χ0v) is 8.68. The molecule has 0 aliphatic carbocycles. The lowest BCUT2D eigenvalue weighted by Gasteiger charge is -2.07. The molecule has 0 heterocycles. The van der Waals surface area contributed by atoms with Crippen LogP contribution in [0.25, 0.3) is 0 Å². The topological polar surface area (TPSA) is 55.1 Å². The monoisotopic (exact) mass is 174 g/mol. The fraction of sp³-hybridized carbons (Fsp3) is 0.889. The summed E-state index contributed by atoms with van der Waals surface area (Å²) in [5.41, 5.74) is 5.50. The van der Waals surface area contributed by atoms with Gasteiger partial charge in [-0.25, -0.2) is 0 Å². The van der Waals surface area contributed by atoms with Crippen LogP contribution in [0.1, 0.15) is 40.0 Å². The van der Waals surface area contributed by atoms with Crippen LogP contribution in [0.3, 0.4) is 0 Å². The third-order valence-electron chi connectivity index (χ3n) is 1.45. The van der Waals surface area contributed by atoms with Crippen molar-refractivity contribution in [3.05, 3.63) is 0 Å². The molecule has 1 atom stereocenters. The van der Waals surface area contributed by atoms with Crippen molar-refractivity contribution in [3.63, 3.8) is 0 Å². The molecule has 0 saturated heterocycles. The zero-order valence-electron chi connectivity index (χ0n) is 8.68. The van der Waals surface area contributed by atoms with Gasteiger partial charge in [-0.2, -0.15) is 0 Å². The molecule has 0 aromatic heterocycles. The molecular weight excluding hydrogens is 152 g/mol. The first-order valence-electron chi connectivity index (χ1n) is 4.69. The Morgan fingerprint density at radius 2 is 2.00 bits per heavy atom. The smallest absolute Gasteiger partial charge is 0.236 e. The number of nitrogens with one attached hydrogen (secondary N) is 1. The van der Waals surface area contributed by atoms with E-state index < -0.39 is 0 Å². The molecule has 0 radical (unpaired) electrons. The van der Waals surface area contributed by atoms with Crippen LogP contribution in [0.2, 0.25) is 0 Å². The highest BCUT2D eigenvalue weighted by molar-refractivity contribution is 5.80. The second-order valence-electron chi connectivity index (χ2n) is 2.36. The Morgan fingerprint density at radius 1 is 1.50 bits per heavy atom. The van der Waals surface area contributed by atoms with Crippen molar-refractivity contribution in [2.45, 2.75) is 46.1 Å². The lowest BCUT2D eigenvalue weighted by Crippen LogP contribution is -2.38. The van der Waals surface area contributed by atoms with Gasteiger partial charge in [0.25, 0.3) is 0 Å². The summed E-state index contributed by atoms with van der Waals surface area (Å²) in [5.74, 6) is -0.0616. The average molecular weight is 174 g/mol. The van der Waals surface area contributed by atoms with E-state index in [1.54, 1.807) is 7.05 Å². The molecule has 74 valence electrons. The quantitative estimate of drug-likeness (QED) is 0.674. The number of rotatable bonds is 4. The van der Waals surface area contributed by atoms with Gasteiger partial charge in [-0.3, -0.25) is 4.79 Å². The maximum atomic E-state index is 10.8. The van der Waals surface area contributed by atoms with Gasteiger partial charge in [-0.05, 0) is 6.42 Å². The number of nitrogens with two attached hydrogens (primary N) is 1. The largest absolute Gasteiger partial charge is 0.358 e. The maximum Gasteiger partial charge on any atom is 0.236 e. The van der Waals surface area contributed by atoms with E-state index in [-0.39, 0.29) is 11.9 Å². The van der Waals surface area contributed by atoms with Gasteiger partial charge in [0.15, 0.2) is 0 Å². The predicted octanol–water partition coefficient (Wildman–Crippen LogP) is 1.28. The molecule has 0 rings (SSSR count). The van der Waals surface area contributed by atoms with Gasteiger partial charge in [0.2, 0.25) is 5.91 Å². The second-order valence-corrected chi connectivity index (χ2v) is 2.36. The van der Waals surface area contributed by atoms with Crippen molar-refractivity contribution < 1.29 is 4.79 Å². The number of hydrogen-bond donors (Lipinski definition) is 2. The number of carbonyl (C=O) groups is 1. The highest BCUT2D eigenvalue weighted by Gasteiger charge is 2.08. The van der Waals surface area contributed by atoms with Gasteiger partial charge in [0, 0.05) is 7.05 Å². The van der Waals surface area contributed by atoms with Gasteiger partial charge in [0.1, 0.15) is 0 Å². The molecule has 3 heteroatoms. The van der Waals surface area contributed by atoms with E-state index in [4.69, 9.17) is 5.73 Å². The first-order chi connectivity index (χ1) is 5.72. The molecule has 0 aromatic rings. The van der Waals surface area contributed by atoms with Crippen molar-refractivity contribution >= 4 is 5.91 Å². The Bertz CT molecular complexity index is 105. The summed E-state index contributed by atoms with van der Waals surface area (Å²) in [6.07, 6.45) is 2.90. The molecule has 0 aromatic carbocycles. The highest BCUT2D eigenvalue weighted by atomic mass is 16.2. The second kappa shape index (κ2) is 10.4. The first-order valence-corrected chi connectivity index (χ1v) is 4.69. The molecule has 3 nitrogen and oxygen atoms in total. The summed E-state index contributed by atoms with van der Waals surface area (Å²) in [5, 5.41) is 2.51. The molecule has 0 aliphatic rings. The lowest BCUT2D eigenvalue weighted by molar-refractivity contribution is -0.122. The normalized spacial score (nSPS) is 11.1. The third kappa shape index (κ3) is 7.54. The first kappa shape index (κ1) is 14.0. The fourth-order valence-corrected chi connectivity index (χ4v) is 0.741. The number of likely N-dealkylation sites (N-methyl/N-ethyl adjacent to an activating group) is 1. The van der Waals surface area contributed by atoms with E-state index in [1.165, 1.54) is 0 Å². The summed E-state index contributed by atoms with van der Waals surface area (Å²) in [7, 11) is 1.61. The zero-order chi connectivity index (χ0) is 9.98. The van der Waals surface area contributed by atoms with Gasteiger partial charge >= 0.3 is 0 Å². The summed E-state index contributed by atoms with van der Waals surface area (Å²) in [6, 6.07) is -0.315. The molecule has 1 amide bonds. The van der Waals surface area contributed by atoms with E-state index >= 15 is 0 Å². The molecule has 0 saturated carbocycles. The molecule has 0 fully saturated rings. The average Bonchev–Trinajstić information content (AvgIpc) is 2.16. The molecule has 12 heavy (non-hydrogen) atoms. The Labute approximate surface area is 75.7 Å². The number of hydrogen-bond acceptors (Lipinski definition) is 2. The molecule has 0 spiro atoms. The standard InChI is InChI=1S/C7H16N2O.C2H6/c1-3-4-5-6(8)7(10)9-2;1-2/h6H,3-5,8H2,1-2H3,(H,9,10);1-2H3. The molecule has 1 unspecified atom stereocenters. The van der Waals surface area contributed by atoms with E-state index in [0.29, 0.717) is 0 Å². The number of carbonyl (C=O) groups excluding carboxylic acids is 1. The predicted molar refractivity (Wildman–Crippen MR) is 52.9 cm³/mol. The minimum atomic E-state index is -0.315. The van der Waals surface area contributed by atoms with Crippen molar-refractivity contribution in [1.29, 1.82) is 0 Å². The van der Waals surface area contributed by atoms with Crippen LogP contribution in [0.5, 0.6) is 0 Å². The number of amides is 1. The van der Waals surface area contributed by atoms with Crippen LogP contribution < -0.4 is 11.1 Å². The Balaban J connectivity index is 0. The van der Waals surface area contributed by atoms with E-state index in [2.05, 4.69) is 12.2 Å². The molecule has 0 bridgehead atoms. The molecule has 0 aliphatic heterocycles. The van der Waals surface area contributed by atoms with Crippen LogP contribution in [0, 0.1) is 0 Å². The summed E-state index contributed by atoms with van der Waals surface area (Å²) < 4.78 is 0. The third-order valence-corrected chi connectivity index (χ3v) is 1.45. The Kier molecular flexibility index (Phi) is 12.2. The van der Waals surface area contributed by atoms with Crippen LogP contribution >= 0.6 is 0 Å². The fourth-order valence-electron chi connectivity index (χ4n) is 0.741.